The van der Waals surface area contributed by atoms with E-state index < -0.39 is 89.7 Å². The Labute approximate surface area is 359 Å². The van der Waals surface area contributed by atoms with Gasteiger partial charge in [0.05, 0.1) is 0 Å². The van der Waals surface area contributed by atoms with Crippen molar-refractivity contribution in [1.82, 2.24) is 31.1 Å². The van der Waals surface area contributed by atoms with Gasteiger partial charge in [0.1, 0.15) is 42.4 Å². The number of likely N-dealkylation sites (N-methyl/N-ethyl adjacent to an activating group) is 1. The fourth-order valence-electron chi connectivity index (χ4n) is 6.37. The van der Waals surface area contributed by atoms with E-state index in [0.717, 1.165) is 4.90 Å². The first-order chi connectivity index (χ1) is 29.0. The largest absolute Gasteiger partial charge is 0.458 e. The van der Waals surface area contributed by atoms with E-state index in [-0.39, 0.29) is 31.7 Å². The number of amides is 7. The van der Waals surface area contributed by atoms with E-state index in [1.807, 2.05) is 81.5 Å². The van der Waals surface area contributed by atoms with Crippen LogP contribution in [-0.4, -0.2) is 113 Å². The van der Waals surface area contributed by atoms with Gasteiger partial charge in [0, 0.05) is 26.1 Å². The smallest absolute Gasteiger partial charge is 0.329 e. The van der Waals surface area contributed by atoms with Crippen molar-refractivity contribution in [3.8, 4) is 0 Å². The third-order valence-corrected chi connectivity index (χ3v) is 9.60. The molecular formula is C45H63N7O9. The number of nitrogens with zero attached hydrogens (tertiary/aromatic N) is 2. The molecule has 332 valence electrons. The Morgan fingerprint density at radius 1 is 0.738 bits per heavy atom. The minimum Gasteiger partial charge on any atom is -0.458 e. The van der Waals surface area contributed by atoms with Gasteiger partial charge in [-0.1, -0.05) is 105 Å². The summed E-state index contributed by atoms with van der Waals surface area (Å²) in [4.78, 5) is 110. The molecule has 2 saturated heterocycles. The predicted molar refractivity (Wildman–Crippen MR) is 233 cm³/mol. The molecule has 2 rings (SSSR count). The van der Waals surface area contributed by atoms with E-state index in [1.165, 1.54) is 44.9 Å². The zero-order valence-corrected chi connectivity index (χ0v) is 36.2. The van der Waals surface area contributed by atoms with Crippen molar-refractivity contribution in [2.24, 2.45) is 11.7 Å². The highest BCUT2D eigenvalue weighted by molar-refractivity contribution is 5.98. The van der Waals surface area contributed by atoms with Crippen molar-refractivity contribution in [3.63, 3.8) is 0 Å². The number of esters is 1. The first-order valence-electron chi connectivity index (χ1n) is 20.5. The quantitative estimate of drug-likeness (QED) is 0.0983. The summed E-state index contributed by atoms with van der Waals surface area (Å²) in [5.41, 5.74) is 5.35. The van der Waals surface area contributed by atoms with Gasteiger partial charge in [0.2, 0.25) is 41.4 Å². The number of carbonyl (C=O) groups excluding carboxylic acids is 8. The monoisotopic (exact) mass is 845 g/mol. The maximum absolute atomic E-state index is 14.0. The number of primary amides is 1. The van der Waals surface area contributed by atoms with Crippen molar-refractivity contribution in [2.45, 2.75) is 116 Å². The van der Waals surface area contributed by atoms with Crippen LogP contribution in [0.15, 0.2) is 97.2 Å². The molecule has 7 amide bonds. The highest BCUT2D eigenvalue weighted by atomic mass is 16.5. The number of nitrogens with two attached hydrogens (primary N) is 1. The molecule has 6 N–H and O–H groups in total. The number of rotatable bonds is 14. The van der Waals surface area contributed by atoms with Crippen molar-refractivity contribution in [2.75, 3.05) is 13.6 Å². The van der Waals surface area contributed by atoms with Crippen molar-refractivity contribution in [3.05, 3.63) is 97.2 Å². The van der Waals surface area contributed by atoms with Gasteiger partial charge in [-0.05, 0) is 59.3 Å². The van der Waals surface area contributed by atoms with Gasteiger partial charge in [-0.3, -0.25) is 33.6 Å². The Kier molecular flexibility index (Phi) is 22.3. The van der Waals surface area contributed by atoms with Gasteiger partial charge in [-0.2, -0.15) is 0 Å². The first-order valence-corrected chi connectivity index (χ1v) is 20.5. The van der Waals surface area contributed by atoms with E-state index in [0.29, 0.717) is 12.8 Å². The Bertz CT molecular complexity index is 1810. The Balaban J connectivity index is 2.41. The molecule has 2 heterocycles. The van der Waals surface area contributed by atoms with Crippen LogP contribution in [0.4, 0.5) is 0 Å². The molecule has 16 nitrogen and oxygen atoms in total. The minimum atomic E-state index is -1.51. The standard InChI is InChI=1S/C45H63N7O9/c1-8-9-10-11-12-13-14-15-16-17-18-19-20-21-22-25-38(54)51(7)39-33(6)61-45(60)34(26-27-37(46)53)49-40(55)31(4)47-42(57)36-24-23-28-52(36)44(59)35(29-30(2)3)50-41(56)32(5)48-43(39)58/h8-22,25,30-36,39H,23-24,26-29H2,1-7H3,(H2,46,53)(H,47,57)(H,48,58)(H,49,55)(H,50,56)/b9-8-,11-10+,13-12-,15-14+,17-16-,19-18-,21-20+,25-22+/t31-,32+,33+,34-,35-,36-,39-/m0/s1. The molecule has 0 spiro atoms. The first kappa shape index (κ1) is 50.8. The van der Waals surface area contributed by atoms with Gasteiger partial charge >= 0.3 is 5.97 Å². The van der Waals surface area contributed by atoms with Gasteiger partial charge in [0.15, 0.2) is 0 Å². The normalized spacial score (nSPS) is 25.8. The number of allylic oxidation sites excluding steroid dienone is 15. The number of carbonyl (C=O) groups is 8. The lowest BCUT2D eigenvalue weighted by atomic mass is 10.0. The van der Waals surface area contributed by atoms with Crippen molar-refractivity contribution < 1.29 is 43.1 Å². The van der Waals surface area contributed by atoms with E-state index >= 15 is 0 Å². The van der Waals surface area contributed by atoms with E-state index in [9.17, 15) is 38.4 Å². The average Bonchev–Trinajstić information content (AvgIpc) is 3.70. The van der Waals surface area contributed by atoms with Crippen LogP contribution in [0, 0.1) is 5.92 Å². The molecular weight excluding hydrogens is 783 g/mol. The summed E-state index contributed by atoms with van der Waals surface area (Å²) in [5.74, 6) is -5.96. The van der Waals surface area contributed by atoms with Crippen molar-refractivity contribution in [1.29, 1.82) is 0 Å². The van der Waals surface area contributed by atoms with E-state index in [4.69, 9.17) is 10.5 Å². The second-order valence-electron chi connectivity index (χ2n) is 15.1. The molecule has 0 radical (unpaired) electrons. The summed E-state index contributed by atoms with van der Waals surface area (Å²) >= 11 is 0. The average molecular weight is 846 g/mol. The minimum absolute atomic E-state index is 0.0475. The molecule has 0 aromatic heterocycles. The SMILES string of the molecule is C\C=C/C=C/C=C\C=C\C=C/C=C\C=C\C=C\C(=O)N(C)[C@@H]1C(=O)N[C@H](C)C(=O)N[C@@H](CC(C)C)C(=O)N2CCC[C@H]2C(=O)N[C@@H](C)C(=O)N[C@@H](CCC(N)=O)C(=O)O[C@@H]1C. The van der Waals surface area contributed by atoms with Crippen LogP contribution in [0.5, 0.6) is 0 Å². The van der Waals surface area contributed by atoms with Crippen LogP contribution < -0.4 is 27.0 Å². The molecule has 61 heavy (non-hydrogen) atoms. The number of cyclic esters (lactones) is 1. The number of hydrogen-bond acceptors (Lipinski definition) is 9. The maximum atomic E-state index is 14.0. The molecule has 2 aliphatic rings. The molecule has 0 unspecified atom stereocenters. The lowest BCUT2D eigenvalue weighted by Crippen LogP contribution is -2.59. The molecule has 2 fully saturated rings. The molecule has 2 aliphatic heterocycles. The summed E-state index contributed by atoms with van der Waals surface area (Å²) in [6.07, 6.45) is 27.5. The van der Waals surface area contributed by atoms with Crippen LogP contribution in [-0.2, 0) is 43.1 Å². The lowest BCUT2D eigenvalue weighted by molar-refractivity contribution is -0.159. The van der Waals surface area contributed by atoms with Gasteiger partial charge in [-0.25, -0.2) is 4.79 Å². The van der Waals surface area contributed by atoms with Crippen LogP contribution >= 0.6 is 0 Å². The third-order valence-electron chi connectivity index (χ3n) is 9.60. The Morgan fingerprint density at radius 2 is 1.23 bits per heavy atom. The molecule has 7 atom stereocenters. The van der Waals surface area contributed by atoms with E-state index in [1.54, 1.807) is 24.3 Å². The van der Waals surface area contributed by atoms with Gasteiger partial charge < -0.3 is 41.5 Å². The highest BCUT2D eigenvalue weighted by Crippen LogP contribution is 2.21. The molecule has 0 aliphatic carbocycles. The molecule has 16 heteroatoms. The second-order valence-corrected chi connectivity index (χ2v) is 15.1. The number of fused-ring (bicyclic) bond motifs is 1. The van der Waals surface area contributed by atoms with Crippen LogP contribution in [0.25, 0.3) is 0 Å². The third kappa shape index (κ3) is 17.8. The van der Waals surface area contributed by atoms with Crippen LogP contribution in [0.1, 0.15) is 73.6 Å². The lowest BCUT2D eigenvalue weighted by Gasteiger charge is -2.33. The topological polar surface area (TPSA) is 226 Å². The molecule has 0 aromatic carbocycles. The van der Waals surface area contributed by atoms with E-state index in [2.05, 4.69) is 21.3 Å². The summed E-state index contributed by atoms with van der Waals surface area (Å²) in [5, 5.41) is 10.4. The van der Waals surface area contributed by atoms with Gasteiger partial charge in [0.25, 0.3) is 0 Å². The van der Waals surface area contributed by atoms with Crippen LogP contribution in [0.3, 0.4) is 0 Å². The fourth-order valence-corrected chi connectivity index (χ4v) is 6.37. The van der Waals surface area contributed by atoms with Crippen molar-refractivity contribution >= 4 is 47.3 Å². The number of nitrogens with one attached hydrogen (secondary N) is 4. The molecule has 0 saturated carbocycles. The van der Waals surface area contributed by atoms with Crippen LogP contribution in [0.2, 0.25) is 0 Å². The zero-order valence-electron chi connectivity index (χ0n) is 36.2. The van der Waals surface area contributed by atoms with Gasteiger partial charge in [-0.15, -0.1) is 0 Å². The number of hydrogen-bond donors (Lipinski definition) is 5. The predicted octanol–water partition coefficient (Wildman–Crippen LogP) is 2.51. The summed E-state index contributed by atoms with van der Waals surface area (Å²) < 4.78 is 5.68. The maximum Gasteiger partial charge on any atom is 0.329 e. The summed E-state index contributed by atoms with van der Waals surface area (Å²) in [6.45, 7) is 10.1. The summed E-state index contributed by atoms with van der Waals surface area (Å²) in [7, 11) is 1.32. The molecule has 0 bridgehead atoms. The number of ether oxygens (including phenoxy) is 1. The zero-order chi connectivity index (χ0) is 45.5. The second kappa shape index (κ2) is 26.7. The summed E-state index contributed by atoms with van der Waals surface area (Å²) in [6, 6.07) is -7.36. The Hall–Kier alpha value is -6.32. The Morgan fingerprint density at radius 3 is 1.74 bits per heavy atom. The fraction of sp³-hybridized carbons (Fsp3) is 0.467. The highest BCUT2D eigenvalue weighted by Gasteiger charge is 2.41. The molecule has 0 aromatic rings.